The smallest absolute Gasteiger partial charge is 0.277 e. The fourth-order valence-electron chi connectivity index (χ4n) is 2.76. The largest absolute Gasteiger partial charge is 0.337 e. The molecule has 0 aliphatic carbocycles. The Morgan fingerprint density at radius 1 is 1.16 bits per heavy atom. The molecule has 2 aromatic carbocycles. The van der Waals surface area contributed by atoms with E-state index in [1.54, 1.807) is 16.2 Å². The van der Waals surface area contributed by atoms with Crippen LogP contribution in [0.4, 0.5) is 0 Å². The number of likely N-dealkylation sites (N-methyl/N-ethyl adjacent to an activating group) is 2. The Hall–Kier alpha value is -2.24. The maximum atomic E-state index is 12.6. The van der Waals surface area contributed by atoms with Crippen LogP contribution in [0.1, 0.15) is 23.5 Å². The minimum Gasteiger partial charge on any atom is -0.337 e. The van der Waals surface area contributed by atoms with Gasteiger partial charge in [0.15, 0.2) is 11.6 Å². The number of hydrogen-bond donors (Lipinski definition) is 1. The topological polar surface area (TPSA) is 37.6 Å². The molecule has 0 radical (unpaired) electrons. The molecule has 5 heteroatoms. The number of nitrogens with one attached hydrogen (secondary N) is 1. The molecule has 130 valence electrons. The van der Waals surface area contributed by atoms with Crippen LogP contribution in [0.25, 0.3) is 10.2 Å². The zero-order valence-corrected chi connectivity index (χ0v) is 15.7. The van der Waals surface area contributed by atoms with E-state index in [0.29, 0.717) is 13.1 Å². The maximum Gasteiger partial charge on any atom is 0.277 e. The summed E-state index contributed by atoms with van der Waals surface area (Å²) in [4.78, 5) is 20.2. The second-order valence-electron chi connectivity index (χ2n) is 6.50. The van der Waals surface area contributed by atoms with Crippen LogP contribution in [0.3, 0.4) is 0 Å². The molecule has 1 heterocycles. The lowest BCUT2D eigenvalue weighted by Crippen LogP contribution is -3.10. The predicted octanol–water partition coefficient (Wildman–Crippen LogP) is 2.53. The lowest BCUT2D eigenvalue weighted by molar-refractivity contribution is -0.902. The van der Waals surface area contributed by atoms with E-state index < -0.39 is 0 Å². The third kappa shape index (κ3) is 4.24. The van der Waals surface area contributed by atoms with E-state index in [4.69, 9.17) is 4.98 Å². The molecule has 3 rings (SSSR count). The van der Waals surface area contributed by atoms with E-state index in [0.717, 1.165) is 21.0 Å². The molecule has 1 amide bonds. The molecule has 2 atom stereocenters. The third-order valence-electron chi connectivity index (χ3n) is 4.54. The number of rotatable bonds is 6. The molecule has 0 saturated heterocycles. The van der Waals surface area contributed by atoms with Gasteiger partial charge < -0.3 is 9.80 Å². The van der Waals surface area contributed by atoms with Crippen molar-refractivity contribution in [1.82, 2.24) is 9.88 Å². The molecule has 0 aliphatic heterocycles. The summed E-state index contributed by atoms with van der Waals surface area (Å²) in [6, 6.07) is 18.4. The molecule has 0 saturated carbocycles. The van der Waals surface area contributed by atoms with Gasteiger partial charge in [0.25, 0.3) is 5.91 Å². The average Bonchev–Trinajstić information content (AvgIpc) is 3.05. The van der Waals surface area contributed by atoms with Crippen LogP contribution in [-0.4, -0.2) is 36.4 Å². The van der Waals surface area contributed by atoms with Gasteiger partial charge in [-0.1, -0.05) is 42.5 Å². The van der Waals surface area contributed by atoms with E-state index in [1.807, 2.05) is 55.6 Å². The molecular formula is C20H24N3OS+. The normalized spacial score (nSPS) is 13.6. The highest BCUT2D eigenvalue weighted by Gasteiger charge is 2.23. The zero-order chi connectivity index (χ0) is 17.8. The second-order valence-corrected chi connectivity index (χ2v) is 7.56. The Balaban J connectivity index is 1.62. The number of aromatic nitrogens is 1. The summed E-state index contributed by atoms with van der Waals surface area (Å²) in [7, 11) is 3.93. The van der Waals surface area contributed by atoms with Gasteiger partial charge in [0.05, 0.1) is 17.3 Å². The van der Waals surface area contributed by atoms with Gasteiger partial charge in [-0.25, -0.2) is 4.98 Å². The summed E-state index contributed by atoms with van der Waals surface area (Å²) in [5.74, 6) is 0.148. The third-order valence-corrected chi connectivity index (χ3v) is 5.76. The highest BCUT2D eigenvalue weighted by atomic mass is 32.1. The lowest BCUT2D eigenvalue weighted by Gasteiger charge is -2.23. The second kappa shape index (κ2) is 7.76. The Kier molecular flexibility index (Phi) is 5.46. The molecule has 1 unspecified atom stereocenters. The summed E-state index contributed by atoms with van der Waals surface area (Å²) in [6.07, 6.45) is 0. The summed E-state index contributed by atoms with van der Waals surface area (Å²) >= 11 is 1.71. The van der Waals surface area contributed by atoms with Crippen molar-refractivity contribution < 1.29 is 9.69 Å². The van der Waals surface area contributed by atoms with Gasteiger partial charge in [-0.3, -0.25) is 4.79 Å². The molecular weight excluding hydrogens is 330 g/mol. The minimum absolute atomic E-state index is 0.148. The summed E-state index contributed by atoms with van der Waals surface area (Å²) in [5.41, 5.74) is 2.19. The van der Waals surface area contributed by atoms with Gasteiger partial charge in [0.1, 0.15) is 6.04 Å². The van der Waals surface area contributed by atoms with Gasteiger partial charge in [-0.15, -0.1) is 11.3 Å². The number of amides is 1. The van der Waals surface area contributed by atoms with Crippen LogP contribution in [0.2, 0.25) is 0 Å². The summed E-state index contributed by atoms with van der Waals surface area (Å²) in [6.45, 7) is 3.24. The number of nitrogens with zero attached hydrogens (tertiary/aromatic N) is 2. The first-order chi connectivity index (χ1) is 12.0. The molecule has 4 nitrogen and oxygen atoms in total. The number of thiazole rings is 1. The number of carbonyl (C=O) groups excluding carboxylic acids is 1. The predicted molar refractivity (Wildman–Crippen MR) is 103 cm³/mol. The van der Waals surface area contributed by atoms with E-state index in [2.05, 4.69) is 20.0 Å². The van der Waals surface area contributed by atoms with E-state index in [9.17, 15) is 4.79 Å². The van der Waals surface area contributed by atoms with Gasteiger partial charge >= 0.3 is 0 Å². The number of hydrogen-bond acceptors (Lipinski definition) is 3. The zero-order valence-electron chi connectivity index (χ0n) is 14.9. The number of para-hydroxylation sites is 1. The molecule has 0 bridgehead atoms. The highest BCUT2D eigenvalue weighted by molar-refractivity contribution is 7.18. The van der Waals surface area contributed by atoms with Crippen molar-refractivity contribution in [3.8, 4) is 0 Å². The monoisotopic (exact) mass is 354 g/mol. The van der Waals surface area contributed by atoms with Gasteiger partial charge in [-0.05, 0) is 24.6 Å². The first-order valence-corrected chi connectivity index (χ1v) is 9.32. The molecule has 1 aromatic heterocycles. The van der Waals surface area contributed by atoms with Crippen molar-refractivity contribution >= 4 is 27.5 Å². The maximum absolute atomic E-state index is 12.6. The van der Waals surface area contributed by atoms with E-state index in [1.165, 1.54) is 4.70 Å². The molecule has 3 aromatic rings. The van der Waals surface area contributed by atoms with Crippen molar-refractivity contribution in [2.24, 2.45) is 0 Å². The Labute approximate surface area is 152 Å². The van der Waals surface area contributed by atoms with Crippen molar-refractivity contribution in [2.75, 3.05) is 20.6 Å². The van der Waals surface area contributed by atoms with Crippen LogP contribution in [0.15, 0.2) is 54.6 Å². The Morgan fingerprint density at radius 3 is 2.56 bits per heavy atom. The Bertz CT molecular complexity index is 813. The van der Waals surface area contributed by atoms with Crippen molar-refractivity contribution in [3.63, 3.8) is 0 Å². The van der Waals surface area contributed by atoms with E-state index >= 15 is 0 Å². The van der Waals surface area contributed by atoms with Crippen LogP contribution in [-0.2, 0) is 11.3 Å². The average molecular weight is 354 g/mol. The SMILES string of the molecule is C[C@@H](c1nc2ccccc2s1)[NH+](C)CC(=O)N(C)Cc1ccccc1. The first kappa shape index (κ1) is 17.6. The van der Waals surface area contributed by atoms with Crippen molar-refractivity contribution in [2.45, 2.75) is 19.5 Å². The number of fused-ring (bicyclic) bond motifs is 1. The van der Waals surface area contributed by atoms with Crippen LogP contribution in [0, 0.1) is 0 Å². The summed E-state index contributed by atoms with van der Waals surface area (Å²) in [5, 5.41) is 1.08. The number of carbonyl (C=O) groups is 1. The summed E-state index contributed by atoms with van der Waals surface area (Å²) < 4.78 is 1.20. The van der Waals surface area contributed by atoms with Crippen LogP contribution >= 0.6 is 11.3 Å². The van der Waals surface area contributed by atoms with Crippen molar-refractivity contribution in [3.05, 3.63) is 65.2 Å². The number of quaternary nitrogens is 1. The van der Waals surface area contributed by atoms with Gasteiger partial charge in [-0.2, -0.15) is 0 Å². The number of benzene rings is 2. The van der Waals surface area contributed by atoms with E-state index in [-0.39, 0.29) is 11.9 Å². The van der Waals surface area contributed by atoms with Gasteiger partial charge in [0.2, 0.25) is 0 Å². The van der Waals surface area contributed by atoms with Crippen LogP contribution < -0.4 is 4.90 Å². The molecule has 25 heavy (non-hydrogen) atoms. The molecule has 0 fully saturated rings. The molecule has 0 aliphatic rings. The van der Waals surface area contributed by atoms with Crippen LogP contribution in [0.5, 0.6) is 0 Å². The standard InChI is InChI=1S/C20H23N3OS/c1-15(20-21-17-11-7-8-12-18(17)25-20)22(2)14-19(24)23(3)13-16-9-5-4-6-10-16/h4-12,15H,13-14H2,1-3H3/p+1/t15-/m0/s1. The molecule has 0 spiro atoms. The Morgan fingerprint density at radius 2 is 1.84 bits per heavy atom. The fourth-order valence-corrected chi connectivity index (χ4v) is 3.87. The minimum atomic E-state index is 0.148. The van der Waals surface area contributed by atoms with Crippen molar-refractivity contribution in [1.29, 1.82) is 0 Å². The highest BCUT2D eigenvalue weighted by Crippen LogP contribution is 2.24. The lowest BCUT2D eigenvalue weighted by atomic mass is 10.2. The molecule has 1 N–H and O–H groups in total. The quantitative estimate of drug-likeness (QED) is 0.739. The first-order valence-electron chi connectivity index (χ1n) is 8.50. The fraction of sp³-hybridized carbons (Fsp3) is 0.300. The van der Waals surface area contributed by atoms with Gasteiger partial charge in [0, 0.05) is 13.6 Å².